The van der Waals surface area contributed by atoms with Crippen molar-refractivity contribution in [1.29, 1.82) is 0 Å². The number of hydrogen-bond donors (Lipinski definition) is 2. The van der Waals surface area contributed by atoms with Gasteiger partial charge in [0.05, 0.1) is 5.56 Å². The largest absolute Gasteiger partial charge is 0.507 e. The molecule has 0 fully saturated rings. The molecular weight excluding hydrogens is 202 g/mol. The molecule has 0 atom stereocenters. The molecule has 2 N–H and O–H groups in total. The van der Waals surface area contributed by atoms with Crippen molar-refractivity contribution in [3.63, 3.8) is 0 Å². The molecule has 1 amide bonds. The topological polar surface area (TPSA) is 49.3 Å². The maximum absolute atomic E-state index is 11.8. The number of amides is 1. The van der Waals surface area contributed by atoms with Gasteiger partial charge in [-0.25, -0.2) is 0 Å². The van der Waals surface area contributed by atoms with Crippen LogP contribution >= 0.6 is 0 Å². The van der Waals surface area contributed by atoms with Gasteiger partial charge >= 0.3 is 0 Å². The van der Waals surface area contributed by atoms with E-state index < -0.39 is 0 Å². The predicted molar refractivity (Wildman–Crippen MR) is 64.8 cm³/mol. The summed E-state index contributed by atoms with van der Waals surface area (Å²) in [4.78, 5) is 11.8. The van der Waals surface area contributed by atoms with Gasteiger partial charge in [0.2, 0.25) is 0 Å². The van der Waals surface area contributed by atoms with Crippen molar-refractivity contribution in [3.05, 3.63) is 29.3 Å². The molecule has 16 heavy (non-hydrogen) atoms. The Bertz CT molecular complexity index is 384. The normalized spacial score (nSPS) is 10.9. The van der Waals surface area contributed by atoms with Gasteiger partial charge in [0.1, 0.15) is 5.75 Å². The van der Waals surface area contributed by atoms with Crippen LogP contribution in [0, 0.1) is 0 Å². The second-order valence-electron chi connectivity index (χ2n) is 4.53. The summed E-state index contributed by atoms with van der Waals surface area (Å²) in [5.74, 6) is 0.0671. The van der Waals surface area contributed by atoms with Gasteiger partial charge < -0.3 is 10.4 Å². The molecule has 0 heterocycles. The van der Waals surface area contributed by atoms with E-state index in [9.17, 15) is 9.90 Å². The number of carbonyl (C=O) groups excluding carboxylic acids is 1. The van der Waals surface area contributed by atoms with Crippen LogP contribution in [0.1, 0.15) is 49.5 Å². The highest BCUT2D eigenvalue weighted by molar-refractivity contribution is 5.97. The Morgan fingerprint density at radius 2 is 1.88 bits per heavy atom. The van der Waals surface area contributed by atoms with Gasteiger partial charge in [0, 0.05) is 6.04 Å². The van der Waals surface area contributed by atoms with Crippen LogP contribution in [-0.2, 0) is 0 Å². The number of benzene rings is 1. The molecule has 0 saturated heterocycles. The van der Waals surface area contributed by atoms with Gasteiger partial charge in [-0.1, -0.05) is 26.0 Å². The van der Waals surface area contributed by atoms with E-state index in [2.05, 4.69) is 5.32 Å². The third-order valence-corrected chi connectivity index (χ3v) is 2.35. The molecule has 0 unspecified atom stereocenters. The average Bonchev–Trinajstić information content (AvgIpc) is 2.16. The minimum atomic E-state index is -0.227. The number of phenols is 1. The molecule has 0 aliphatic carbocycles. The highest BCUT2D eigenvalue weighted by Gasteiger charge is 2.15. The zero-order valence-corrected chi connectivity index (χ0v) is 10.2. The molecule has 3 nitrogen and oxygen atoms in total. The quantitative estimate of drug-likeness (QED) is 0.824. The second kappa shape index (κ2) is 5.01. The van der Waals surface area contributed by atoms with Crippen LogP contribution in [0.5, 0.6) is 5.75 Å². The Hall–Kier alpha value is -1.51. The average molecular weight is 221 g/mol. The number of hydrogen-bond acceptors (Lipinski definition) is 2. The van der Waals surface area contributed by atoms with E-state index in [1.165, 1.54) is 0 Å². The van der Waals surface area contributed by atoms with Crippen molar-refractivity contribution in [2.45, 2.75) is 39.7 Å². The van der Waals surface area contributed by atoms with Crippen LogP contribution in [0.15, 0.2) is 18.2 Å². The van der Waals surface area contributed by atoms with Gasteiger partial charge in [-0.05, 0) is 31.4 Å². The molecule has 0 aliphatic rings. The first-order chi connectivity index (χ1) is 7.43. The van der Waals surface area contributed by atoms with Crippen molar-refractivity contribution < 1.29 is 9.90 Å². The number of rotatable bonds is 3. The summed E-state index contributed by atoms with van der Waals surface area (Å²) in [6.45, 7) is 7.75. The summed E-state index contributed by atoms with van der Waals surface area (Å²) >= 11 is 0. The molecule has 88 valence electrons. The van der Waals surface area contributed by atoms with E-state index in [0.717, 1.165) is 5.56 Å². The molecule has 3 heteroatoms. The van der Waals surface area contributed by atoms with E-state index >= 15 is 0 Å². The monoisotopic (exact) mass is 221 g/mol. The first-order valence-corrected chi connectivity index (χ1v) is 5.56. The highest BCUT2D eigenvalue weighted by atomic mass is 16.3. The smallest absolute Gasteiger partial charge is 0.255 e. The van der Waals surface area contributed by atoms with E-state index in [1.54, 1.807) is 12.1 Å². The molecule has 1 aromatic rings. The second-order valence-corrected chi connectivity index (χ2v) is 4.53. The van der Waals surface area contributed by atoms with Crippen LogP contribution in [-0.4, -0.2) is 17.1 Å². The predicted octanol–water partition coefficient (Wildman–Crippen LogP) is 2.65. The molecule has 0 radical (unpaired) electrons. The number of carbonyl (C=O) groups is 1. The van der Waals surface area contributed by atoms with E-state index in [4.69, 9.17) is 0 Å². The third kappa shape index (κ3) is 2.75. The number of nitrogens with one attached hydrogen (secondary N) is 1. The molecule has 1 rings (SSSR count). The lowest BCUT2D eigenvalue weighted by molar-refractivity contribution is 0.0940. The van der Waals surface area contributed by atoms with Gasteiger partial charge in [-0.2, -0.15) is 0 Å². The summed E-state index contributed by atoms with van der Waals surface area (Å²) in [5, 5.41) is 12.7. The van der Waals surface area contributed by atoms with Crippen LogP contribution in [0.2, 0.25) is 0 Å². The van der Waals surface area contributed by atoms with E-state index in [1.807, 2.05) is 33.8 Å². The molecule has 0 aromatic heterocycles. The zero-order valence-electron chi connectivity index (χ0n) is 10.2. The van der Waals surface area contributed by atoms with Gasteiger partial charge in [0.15, 0.2) is 0 Å². The Kier molecular flexibility index (Phi) is 3.93. The summed E-state index contributed by atoms with van der Waals surface area (Å²) in [6.07, 6.45) is 0. The maximum Gasteiger partial charge on any atom is 0.255 e. The lowest BCUT2D eigenvalue weighted by atomic mass is 9.99. The first kappa shape index (κ1) is 12.6. The molecule has 0 aliphatic heterocycles. The van der Waals surface area contributed by atoms with Gasteiger partial charge in [-0.15, -0.1) is 0 Å². The summed E-state index contributed by atoms with van der Waals surface area (Å²) < 4.78 is 0. The first-order valence-electron chi connectivity index (χ1n) is 5.56. The van der Waals surface area contributed by atoms with E-state index in [-0.39, 0.29) is 23.6 Å². The fourth-order valence-electron chi connectivity index (χ4n) is 1.55. The Labute approximate surface area is 96.5 Å². The van der Waals surface area contributed by atoms with Crippen molar-refractivity contribution in [1.82, 2.24) is 5.32 Å². The summed E-state index contributed by atoms with van der Waals surface area (Å²) in [5.41, 5.74) is 1.15. The summed E-state index contributed by atoms with van der Waals surface area (Å²) in [7, 11) is 0. The number of aromatic hydroxyl groups is 1. The Morgan fingerprint density at radius 1 is 1.25 bits per heavy atom. The Balaban J connectivity index is 3.06. The maximum atomic E-state index is 11.8. The van der Waals surface area contributed by atoms with Crippen molar-refractivity contribution >= 4 is 5.91 Å². The fraction of sp³-hybridized carbons (Fsp3) is 0.462. The fourth-order valence-corrected chi connectivity index (χ4v) is 1.55. The van der Waals surface area contributed by atoms with Gasteiger partial charge in [0.25, 0.3) is 5.91 Å². The molecule has 0 bridgehead atoms. The SMILES string of the molecule is CC(C)NC(=O)c1cccc(C(C)C)c1O. The van der Waals surface area contributed by atoms with E-state index in [0.29, 0.717) is 5.56 Å². The van der Waals surface area contributed by atoms with Crippen LogP contribution in [0.4, 0.5) is 0 Å². The minimum Gasteiger partial charge on any atom is -0.507 e. The van der Waals surface area contributed by atoms with Crippen LogP contribution in [0.3, 0.4) is 0 Å². The van der Waals surface area contributed by atoms with Crippen molar-refractivity contribution in [2.24, 2.45) is 0 Å². The van der Waals surface area contributed by atoms with Crippen molar-refractivity contribution in [2.75, 3.05) is 0 Å². The van der Waals surface area contributed by atoms with Gasteiger partial charge in [-0.3, -0.25) is 4.79 Å². The third-order valence-electron chi connectivity index (χ3n) is 2.35. The highest BCUT2D eigenvalue weighted by Crippen LogP contribution is 2.28. The summed E-state index contributed by atoms with van der Waals surface area (Å²) in [6, 6.07) is 5.34. The number of phenolic OH excluding ortho intramolecular Hbond substituents is 1. The minimum absolute atomic E-state index is 0.0645. The standard InChI is InChI=1S/C13H19NO2/c1-8(2)10-6-5-7-11(12(10)15)13(16)14-9(3)4/h5-9,15H,1-4H3,(H,14,16). The zero-order chi connectivity index (χ0) is 12.3. The lowest BCUT2D eigenvalue weighted by Gasteiger charge is -2.13. The van der Waals surface area contributed by atoms with Crippen LogP contribution < -0.4 is 5.32 Å². The van der Waals surface area contributed by atoms with Crippen LogP contribution in [0.25, 0.3) is 0 Å². The molecule has 1 aromatic carbocycles. The van der Waals surface area contributed by atoms with Crippen molar-refractivity contribution in [3.8, 4) is 5.75 Å². The number of para-hydroxylation sites is 1. The molecule has 0 saturated carbocycles. The molecule has 0 spiro atoms. The molecular formula is C13H19NO2. The Morgan fingerprint density at radius 3 is 2.38 bits per heavy atom. The lowest BCUT2D eigenvalue weighted by Crippen LogP contribution is -2.30.